The zero-order valence-electron chi connectivity index (χ0n) is 6.99. The number of rotatable bonds is 3. The van der Waals surface area contributed by atoms with E-state index in [4.69, 9.17) is 4.89 Å². The Hall–Kier alpha value is -0.220. The van der Waals surface area contributed by atoms with Crippen LogP contribution >= 0.6 is 12.6 Å². The van der Waals surface area contributed by atoms with Gasteiger partial charge in [-0.2, -0.15) is 17.5 Å². The van der Waals surface area contributed by atoms with Crippen molar-refractivity contribution in [3.63, 3.8) is 0 Å². The summed E-state index contributed by atoms with van der Waals surface area (Å²) in [5.74, 6) is -0.337. The van der Waals surface area contributed by atoms with E-state index in [1.54, 1.807) is 0 Å². The molecule has 1 aliphatic rings. The summed E-state index contributed by atoms with van der Waals surface area (Å²) in [4.78, 5) is 20.1. The molecule has 0 saturated heterocycles. The second kappa shape index (κ2) is 5.43. The standard InChI is InChI=1S/C8H14O3S/c9-8(6-12)11-10-7-4-2-1-3-5-7/h7,12H,1-6H2. The lowest BCUT2D eigenvalue weighted by atomic mass is 9.98. The average molecular weight is 190 g/mol. The molecule has 4 heteroatoms. The molecule has 1 aliphatic carbocycles. The maximum absolute atomic E-state index is 10.6. The molecule has 1 rings (SSSR count). The van der Waals surface area contributed by atoms with Gasteiger partial charge < -0.3 is 0 Å². The van der Waals surface area contributed by atoms with Crippen LogP contribution in [-0.2, 0) is 14.6 Å². The van der Waals surface area contributed by atoms with Crippen molar-refractivity contribution in [2.45, 2.75) is 38.2 Å². The second-order valence-electron chi connectivity index (χ2n) is 2.97. The van der Waals surface area contributed by atoms with Crippen LogP contribution in [0.25, 0.3) is 0 Å². The third-order valence-corrected chi connectivity index (χ3v) is 2.22. The van der Waals surface area contributed by atoms with Gasteiger partial charge in [0, 0.05) is 0 Å². The van der Waals surface area contributed by atoms with Gasteiger partial charge in [-0.3, -0.25) is 4.89 Å². The van der Waals surface area contributed by atoms with E-state index in [2.05, 4.69) is 17.5 Å². The molecule has 0 aromatic rings. The van der Waals surface area contributed by atoms with E-state index in [9.17, 15) is 4.79 Å². The van der Waals surface area contributed by atoms with Gasteiger partial charge in [0.25, 0.3) is 0 Å². The van der Waals surface area contributed by atoms with Crippen LogP contribution in [0.1, 0.15) is 32.1 Å². The zero-order chi connectivity index (χ0) is 8.81. The highest BCUT2D eigenvalue weighted by Crippen LogP contribution is 2.20. The van der Waals surface area contributed by atoms with Gasteiger partial charge in [-0.25, -0.2) is 4.79 Å². The fourth-order valence-electron chi connectivity index (χ4n) is 1.31. The Labute approximate surface area is 77.8 Å². The first-order chi connectivity index (χ1) is 5.83. The van der Waals surface area contributed by atoms with Crippen molar-refractivity contribution in [1.82, 2.24) is 0 Å². The molecule has 1 saturated carbocycles. The molecule has 70 valence electrons. The first-order valence-corrected chi connectivity index (χ1v) is 4.93. The van der Waals surface area contributed by atoms with Gasteiger partial charge in [0.1, 0.15) is 6.10 Å². The molecule has 0 radical (unpaired) electrons. The van der Waals surface area contributed by atoms with Crippen LogP contribution < -0.4 is 0 Å². The number of thiol groups is 1. The summed E-state index contributed by atoms with van der Waals surface area (Å²) in [6.45, 7) is 0. The van der Waals surface area contributed by atoms with E-state index in [1.807, 2.05) is 0 Å². The quantitative estimate of drug-likeness (QED) is 0.418. The summed E-state index contributed by atoms with van der Waals surface area (Å²) in [5.41, 5.74) is 0. The van der Waals surface area contributed by atoms with Crippen LogP contribution in [0.15, 0.2) is 0 Å². The van der Waals surface area contributed by atoms with E-state index in [1.165, 1.54) is 19.3 Å². The van der Waals surface area contributed by atoms with Crippen LogP contribution in [0.4, 0.5) is 0 Å². The fourth-order valence-corrected chi connectivity index (χ4v) is 1.36. The van der Waals surface area contributed by atoms with Gasteiger partial charge in [-0.1, -0.05) is 19.3 Å². The minimum Gasteiger partial charge on any atom is -0.297 e. The minimum atomic E-state index is -0.413. The zero-order valence-corrected chi connectivity index (χ0v) is 7.89. The van der Waals surface area contributed by atoms with E-state index < -0.39 is 5.97 Å². The highest BCUT2D eigenvalue weighted by atomic mass is 32.1. The Morgan fingerprint density at radius 2 is 2.00 bits per heavy atom. The molecule has 1 fully saturated rings. The molecule has 0 N–H and O–H groups in total. The molecular weight excluding hydrogens is 176 g/mol. The predicted octanol–water partition coefficient (Wildman–Crippen LogP) is 1.72. The molecule has 0 spiro atoms. The number of hydrogen-bond donors (Lipinski definition) is 1. The average Bonchev–Trinajstić information content (AvgIpc) is 2.16. The second-order valence-corrected chi connectivity index (χ2v) is 3.29. The summed E-state index contributed by atoms with van der Waals surface area (Å²) in [7, 11) is 0. The fraction of sp³-hybridized carbons (Fsp3) is 0.875. The van der Waals surface area contributed by atoms with Crippen LogP contribution in [0, 0.1) is 0 Å². The van der Waals surface area contributed by atoms with Crippen LogP contribution in [0.5, 0.6) is 0 Å². The third-order valence-electron chi connectivity index (χ3n) is 1.96. The summed E-state index contributed by atoms with van der Waals surface area (Å²) in [6.07, 6.45) is 5.72. The number of hydrogen-bond acceptors (Lipinski definition) is 4. The molecule has 0 atom stereocenters. The van der Waals surface area contributed by atoms with E-state index in [-0.39, 0.29) is 11.9 Å². The summed E-state index contributed by atoms with van der Waals surface area (Å²) in [6, 6.07) is 0. The maximum atomic E-state index is 10.6. The predicted molar refractivity (Wildman–Crippen MR) is 47.9 cm³/mol. The number of carbonyl (C=O) groups excluding carboxylic acids is 1. The van der Waals surface area contributed by atoms with Crippen molar-refractivity contribution >= 4 is 18.6 Å². The Morgan fingerprint density at radius 1 is 1.33 bits per heavy atom. The monoisotopic (exact) mass is 190 g/mol. The largest absolute Gasteiger partial charge is 0.351 e. The Kier molecular flexibility index (Phi) is 4.46. The van der Waals surface area contributed by atoms with Crippen molar-refractivity contribution < 1.29 is 14.6 Å². The van der Waals surface area contributed by atoms with Gasteiger partial charge >= 0.3 is 5.97 Å². The molecule has 0 aromatic carbocycles. The van der Waals surface area contributed by atoms with Crippen molar-refractivity contribution in [2.75, 3.05) is 5.75 Å². The SMILES string of the molecule is O=C(CS)OOC1CCCCC1. The molecule has 0 heterocycles. The molecular formula is C8H14O3S. The van der Waals surface area contributed by atoms with Crippen molar-refractivity contribution in [3.8, 4) is 0 Å². The Balaban J connectivity index is 2.09. The van der Waals surface area contributed by atoms with Crippen LogP contribution in [0.2, 0.25) is 0 Å². The lowest BCUT2D eigenvalue weighted by molar-refractivity contribution is -0.299. The molecule has 3 nitrogen and oxygen atoms in total. The molecule has 0 aromatic heterocycles. The van der Waals surface area contributed by atoms with E-state index in [0.29, 0.717) is 0 Å². The Bertz CT molecular complexity index is 143. The van der Waals surface area contributed by atoms with Crippen LogP contribution in [0.3, 0.4) is 0 Å². The number of carbonyl (C=O) groups is 1. The van der Waals surface area contributed by atoms with Gasteiger partial charge in [0.15, 0.2) is 0 Å². The normalized spacial score (nSPS) is 19.1. The van der Waals surface area contributed by atoms with E-state index in [0.717, 1.165) is 12.8 Å². The molecule has 0 bridgehead atoms. The maximum Gasteiger partial charge on any atom is 0.351 e. The van der Waals surface area contributed by atoms with Crippen molar-refractivity contribution in [2.24, 2.45) is 0 Å². The van der Waals surface area contributed by atoms with Crippen molar-refractivity contribution in [3.05, 3.63) is 0 Å². The van der Waals surface area contributed by atoms with Gasteiger partial charge in [-0.05, 0) is 12.8 Å². The summed E-state index contributed by atoms with van der Waals surface area (Å²) < 4.78 is 0. The van der Waals surface area contributed by atoms with Gasteiger partial charge in [0.2, 0.25) is 0 Å². The molecule has 0 amide bonds. The highest BCUT2D eigenvalue weighted by molar-refractivity contribution is 7.81. The first-order valence-electron chi connectivity index (χ1n) is 4.30. The van der Waals surface area contributed by atoms with Gasteiger partial charge in [0.05, 0.1) is 5.75 Å². The first kappa shape index (κ1) is 9.86. The highest BCUT2D eigenvalue weighted by Gasteiger charge is 2.16. The molecule has 12 heavy (non-hydrogen) atoms. The smallest absolute Gasteiger partial charge is 0.297 e. The van der Waals surface area contributed by atoms with Gasteiger partial charge in [-0.15, -0.1) is 0 Å². The minimum absolute atomic E-state index is 0.0761. The van der Waals surface area contributed by atoms with Crippen LogP contribution in [-0.4, -0.2) is 17.8 Å². The summed E-state index contributed by atoms with van der Waals surface area (Å²) >= 11 is 3.76. The lowest BCUT2D eigenvalue weighted by Crippen LogP contribution is -2.19. The van der Waals surface area contributed by atoms with E-state index >= 15 is 0 Å². The summed E-state index contributed by atoms with van der Waals surface area (Å²) in [5, 5.41) is 0. The lowest BCUT2D eigenvalue weighted by Gasteiger charge is -2.19. The van der Waals surface area contributed by atoms with Crippen molar-refractivity contribution in [1.29, 1.82) is 0 Å². The third kappa shape index (κ3) is 3.45. The topological polar surface area (TPSA) is 35.5 Å². The Morgan fingerprint density at radius 3 is 2.58 bits per heavy atom. The molecule has 0 aliphatic heterocycles. The molecule has 0 unspecified atom stereocenters.